The molecule has 0 aliphatic rings. The van der Waals surface area contributed by atoms with Crippen molar-refractivity contribution in [1.82, 2.24) is 0 Å². The summed E-state index contributed by atoms with van der Waals surface area (Å²) in [6.45, 7) is 2.50. The number of rotatable bonds is 6. The van der Waals surface area contributed by atoms with Gasteiger partial charge in [0.25, 0.3) is 0 Å². The number of alkyl halides is 3. The van der Waals surface area contributed by atoms with E-state index >= 15 is 0 Å². The molecule has 0 amide bonds. The lowest BCUT2D eigenvalue weighted by atomic mass is 10.0. The van der Waals surface area contributed by atoms with Crippen molar-refractivity contribution >= 4 is 5.69 Å². The topological polar surface area (TPSA) is 38.5 Å². The molecule has 0 saturated carbocycles. The summed E-state index contributed by atoms with van der Waals surface area (Å²) in [7, 11) is 3.16. The summed E-state index contributed by atoms with van der Waals surface area (Å²) in [5.74, 6) is 0. The van der Waals surface area contributed by atoms with E-state index in [0.29, 0.717) is 25.1 Å². The smallest absolute Gasteiger partial charge is 0.383 e. The minimum Gasteiger partial charge on any atom is -0.383 e. The van der Waals surface area contributed by atoms with Crippen molar-refractivity contribution in [2.75, 3.05) is 32.2 Å². The van der Waals surface area contributed by atoms with Crippen LogP contribution in [-0.4, -0.2) is 33.4 Å². The van der Waals surface area contributed by atoms with Crippen molar-refractivity contribution in [3.63, 3.8) is 0 Å². The molecule has 0 aromatic heterocycles. The standard InChI is InChI=1S/C14H21F3N2O/c1-10(9-20-3)19(2)13-5-4-11(6-7-18)8-12(13)14(15,16)17/h4-5,8,10H,6-7,9,18H2,1-3H3. The molecule has 6 heteroatoms. The SMILES string of the molecule is COCC(C)N(C)c1ccc(CCN)cc1C(F)(F)F. The lowest BCUT2D eigenvalue weighted by Gasteiger charge is -2.29. The number of hydrogen-bond donors (Lipinski definition) is 1. The molecule has 1 unspecified atom stereocenters. The van der Waals surface area contributed by atoms with Crippen LogP contribution in [0.25, 0.3) is 0 Å². The number of ether oxygens (including phenoxy) is 1. The lowest BCUT2D eigenvalue weighted by Crippen LogP contribution is -2.34. The summed E-state index contributed by atoms with van der Waals surface area (Å²) in [5.41, 5.74) is 5.52. The van der Waals surface area contributed by atoms with Crippen LogP contribution < -0.4 is 10.6 Å². The first-order valence-corrected chi connectivity index (χ1v) is 6.43. The summed E-state index contributed by atoms with van der Waals surface area (Å²) in [4.78, 5) is 1.58. The molecule has 0 saturated heterocycles. The van der Waals surface area contributed by atoms with Crippen LogP contribution in [0.3, 0.4) is 0 Å². The summed E-state index contributed by atoms with van der Waals surface area (Å²) >= 11 is 0. The van der Waals surface area contributed by atoms with E-state index in [0.717, 1.165) is 0 Å². The van der Waals surface area contributed by atoms with E-state index < -0.39 is 11.7 Å². The minimum absolute atomic E-state index is 0.151. The summed E-state index contributed by atoms with van der Waals surface area (Å²) in [5, 5.41) is 0. The normalized spacial score (nSPS) is 13.3. The molecule has 2 N–H and O–H groups in total. The summed E-state index contributed by atoms with van der Waals surface area (Å²) in [6, 6.07) is 4.22. The fraction of sp³-hybridized carbons (Fsp3) is 0.571. The van der Waals surface area contributed by atoms with Crippen LogP contribution in [0.4, 0.5) is 18.9 Å². The maximum absolute atomic E-state index is 13.2. The van der Waals surface area contributed by atoms with Gasteiger partial charge >= 0.3 is 6.18 Å². The van der Waals surface area contributed by atoms with Crippen molar-refractivity contribution in [3.8, 4) is 0 Å². The maximum Gasteiger partial charge on any atom is 0.418 e. The van der Waals surface area contributed by atoms with E-state index in [1.54, 1.807) is 18.0 Å². The Kier molecular flexibility index (Phi) is 5.83. The van der Waals surface area contributed by atoms with Crippen molar-refractivity contribution in [1.29, 1.82) is 0 Å². The molecule has 1 atom stereocenters. The maximum atomic E-state index is 13.2. The van der Waals surface area contributed by atoms with Gasteiger partial charge in [0.1, 0.15) is 0 Å². The van der Waals surface area contributed by atoms with Gasteiger partial charge in [0, 0.05) is 25.9 Å². The Labute approximate surface area is 117 Å². The number of hydrogen-bond acceptors (Lipinski definition) is 3. The molecule has 3 nitrogen and oxygen atoms in total. The highest BCUT2D eigenvalue weighted by molar-refractivity contribution is 5.56. The summed E-state index contributed by atoms with van der Waals surface area (Å²) in [6.07, 6.45) is -3.96. The monoisotopic (exact) mass is 290 g/mol. The molecule has 1 aromatic rings. The zero-order chi connectivity index (χ0) is 15.3. The Morgan fingerprint density at radius 3 is 2.50 bits per heavy atom. The van der Waals surface area contributed by atoms with Gasteiger partial charge in [-0.05, 0) is 37.6 Å². The van der Waals surface area contributed by atoms with Crippen LogP contribution in [-0.2, 0) is 17.3 Å². The van der Waals surface area contributed by atoms with E-state index in [1.165, 1.54) is 19.2 Å². The largest absolute Gasteiger partial charge is 0.418 e. The molecule has 0 radical (unpaired) electrons. The number of benzene rings is 1. The highest BCUT2D eigenvalue weighted by atomic mass is 19.4. The van der Waals surface area contributed by atoms with Crippen LogP contribution in [0, 0.1) is 0 Å². The van der Waals surface area contributed by atoms with Gasteiger partial charge in [0.2, 0.25) is 0 Å². The van der Waals surface area contributed by atoms with Gasteiger partial charge in [-0.3, -0.25) is 0 Å². The molecule has 0 fully saturated rings. The first kappa shape index (κ1) is 16.8. The van der Waals surface area contributed by atoms with E-state index in [9.17, 15) is 13.2 Å². The van der Waals surface area contributed by atoms with Crippen LogP contribution in [0.5, 0.6) is 0 Å². The van der Waals surface area contributed by atoms with Gasteiger partial charge in [-0.25, -0.2) is 0 Å². The third-order valence-electron chi connectivity index (χ3n) is 3.25. The second-order valence-corrected chi connectivity index (χ2v) is 4.80. The molecule has 0 aliphatic heterocycles. The van der Waals surface area contributed by atoms with E-state index in [2.05, 4.69) is 0 Å². The van der Waals surface area contributed by atoms with Gasteiger partial charge in [0.05, 0.1) is 12.2 Å². The third-order valence-corrected chi connectivity index (χ3v) is 3.25. The fourth-order valence-electron chi connectivity index (χ4n) is 2.03. The second kappa shape index (κ2) is 6.95. The van der Waals surface area contributed by atoms with Gasteiger partial charge in [-0.1, -0.05) is 6.07 Å². The Balaban J connectivity index is 3.18. The molecule has 0 bridgehead atoms. The fourth-order valence-corrected chi connectivity index (χ4v) is 2.03. The molecular weight excluding hydrogens is 269 g/mol. The highest BCUT2D eigenvalue weighted by Gasteiger charge is 2.35. The van der Waals surface area contributed by atoms with Crippen molar-refractivity contribution in [2.45, 2.75) is 25.6 Å². The average Bonchev–Trinajstić information content (AvgIpc) is 2.37. The molecule has 1 rings (SSSR count). The minimum atomic E-state index is -4.39. The number of likely N-dealkylation sites (N-methyl/N-ethyl adjacent to an activating group) is 1. The Morgan fingerprint density at radius 2 is 2.00 bits per heavy atom. The van der Waals surface area contributed by atoms with Crippen molar-refractivity contribution in [3.05, 3.63) is 29.3 Å². The van der Waals surface area contributed by atoms with Gasteiger partial charge < -0.3 is 15.4 Å². The zero-order valence-electron chi connectivity index (χ0n) is 12.0. The molecular formula is C14H21F3N2O. The molecule has 0 spiro atoms. The van der Waals surface area contributed by atoms with Crippen LogP contribution in [0.2, 0.25) is 0 Å². The molecule has 1 aromatic carbocycles. The number of anilines is 1. The Morgan fingerprint density at radius 1 is 1.35 bits per heavy atom. The van der Waals surface area contributed by atoms with Crippen LogP contribution in [0.15, 0.2) is 18.2 Å². The second-order valence-electron chi connectivity index (χ2n) is 4.80. The predicted octanol–water partition coefficient (Wildman–Crippen LogP) is 2.68. The lowest BCUT2D eigenvalue weighted by molar-refractivity contribution is -0.137. The molecule has 114 valence electrons. The average molecular weight is 290 g/mol. The Hall–Kier alpha value is -1.27. The highest BCUT2D eigenvalue weighted by Crippen LogP contribution is 2.37. The molecule has 0 heterocycles. The van der Waals surface area contributed by atoms with Crippen molar-refractivity contribution in [2.24, 2.45) is 5.73 Å². The van der Waals surface area contributed by atoms with Crippen LogP contribution >= 0.6 is 0 Å². The van der Waals surface area contributed by atoms with E-state index in [4.69, 9.17) is 10.5 Å². The molecule has 20 heavy (non-hydrogen) atoms. The third kappa shape index (κ3) is 4.11. The van der Waals surface area contributed by atoms with Gasteiger partial charge in [0.15, 0.2) is 0 Å². The van der Waals surface area contributed by atoms with Gasteiger partial charge in [-0.15, -0.1) is 0 Å². The summed E-state index contributed by atoms with van der Waals surface area (Å²) < 4.78 is 44.6. The van der Waals surface area contributed by atoms with Crippen LogP contribution in [0.1, 0.15) is 18.1 Å². The zero-order valence-corrected chi connectivity index (χ0v) is 12.0. The van der Waals surface area contributed by atoms with Crippen molar-refractivity contribution < 1.29 is 17.9 Å². The first-order valence-electron chi connectivity index (χ1n) is 6.43. The first-order chi connectivity index (χ1) is 9.31. The molecule has 0 aliphatic carbocycles. The predicted molar refractivity (Wildman–Crippen MR) is 73.9 cm³/mol. The quantitative estimate of drug-likeness (QED) is 0.875. The van der Waals surface area contributed by atoms with Gasteiger partial charge in [-0.2, -0.15) is 13.2 Å². The van der Waals surface area contributed by atoms with E-state index in [-0.39, 0.29) is 11.7 Å². The Bertz CT molecular complexity index is 435. The number of methoxy groups -OCH3 is 1. The number of nitrogens with zero attached hydrogens (tertiary/aromatic N) is 1. The number of halogens is 3. The number of nitrogens with two attached hydrogens (primary N) is 1. The van der Waals surface area contributed by atoms with E-state index in [1.807, 2.05) is 6.92 Å².